The van der Waals surface area contributed by atoms with Crippen molar-refractivity contribution in [1.29, 1.82) is 0 Å². The van der Waals surface area contributed by atoms with Crippen molar-refractivity contribution >= 4 is 0 Å². The lowest BCUT2D eigenvalue weighted by Gasteiger charge is -2.40. The number of hydrogen-bond acceptors (Lipinski definition) is 0. The molecule has 0 aliphatic heterocycles. The van der Waals surface area contributed by atoms with Crippen LogP contribution in [0.1, 0.15) is 66.2 Å². The van der Waals surface area contributed by atoms with Crippen LogP contribution in [0.3, 0.4) is 0 Å². The van der Waals surface area contributed by atoms with E-state index in [1.165, 1.54) is 38.5 Å². The van der Waals surface area contributed by atoms with Crippen LogP contribution >= 0.6 is 0 Å². The van der Waals surface area contributed by atoms with Crippen molar-refractivity contribution in [2.75, 3.05) is 0 Å². The predicted molar refractivity (Wildman–Crippen MR) is 64.4 cm³/mol. The Morgan fingerprint density at radius 2 is 1.71 bits per heavy atom. The largest absolute Gasteiger partial charge is 0.0651 e. The maximum absolute atomic E-state index is 2.51. The molecule has 1 aliphatic rings. The molecule has 0 amide bonds. The third kappa shape index (κ3) is 2.52. The summed E-state index contributed by atoms with van der Waals surface area (Å²) < 4.78 is 0. The minimum atomic E-state index is 0.985. The Bertz CT molecular complexity index is 146. The van der Waals surface area contributed by atoms with Crippen molar-refractivity contribution in [2.24, 2.45) is 23.7 Å². The number of hydrogen-bond donors (Lipinski definition) is 0. The summed E-state index contributed by atoms with van der Waals surface area (Å²) in [6.45, 7) is 9.62. The van der Waals surface area contributed by atoms with Crippen LogP contribution in [0.4, 0.5) is 0 Å². The molecular formula is C14H28. The summed E-state index contributed by atoms with van der Waals surface area (Å²) in [5.74, 6) is 4.04. The Hall–Kier alpha value is 0. The van der Waals surface area contributed by atoms with Crippen molar-refractivity contribution in [3.63, 3.8) is 0 Å². The molecule has 0 radical (unpaired) electrons. The zero-order valence-corrected chi connectivity index (χ0v) is 10.6. The van der Waals surface area contributed by atoms with Gasteiger partial charge in [-0.25, -0.2) is 0 Å². The minimum Gasteiger partial charge on any atom is -0.0651 e. The first-order chi connectivity index (χ1) is 6.74. The molecule has 0 spiro atoms. The molecule has 1 aliphatic carbocycles. The third-order valence-corrected chi connectivity index (χ3v) is 4.71. The summed E-state index contributed by atoms with van der Waals surface area (Å²) in [5, 5.41) is 0. The smallest absolute Gasteiger partial charge is 0.0358 e. The summed E-state index contributed by atoms with van der Waals surface area (Å²) in [4.78, 5) is 0. The van der Waals surface area contributed by atoms with E-state index in [4.69, 9.17) is 0 Å². The van der Waals surface area contributed by atoms with E-state index in [0.29, 0.717) is 0 Å². The van der Waals surface area contributed by atoms with Crippen LogP contribution in [0.2, 0.25) is 0 Å². The minimum absolute atomic E-state index is 0.985. The Morgan fingerprint density at radius 1 is 1.07 bits per heavy atom. The molecule has 0 heterocycles. The lowest BCUT2D eigenvalue weighted by molar-refractivity contribution is 0.106. The molecule has 14 heavy (non-hydrogen) atoms. The van der Waals surface area contributed by atoms with Gasteiger partial charge in [0.15, 0.2) is 0 Å². The normalized spacial score (nSPS) is 33.6. The van der Waals surface area contributed by atoms with Gasteiger partial charge in [0.05, 0.1) is 0 Å². The Labute approximate surface area is 90.5 Å². The highest BCUT2D eigenvalue weighted by molar-refractivity contribution is 4.82. The van der Waals surface area contributed by atoms with Gasteiger partial charge < -0.3 is 0 Å². The van der Waals surface area contributed by atoms with E-state index in [-0.39, 0.29) is 0 Å². The van der Waals surface area contributed by atoms with Gasteiger partial charge >= 0.3 is 0 Å². The van der Waals surface area contributed by atoms with Gasteiger partial charge in [-0.05, 0) is 30.1 Å². The van der Waals surface area contributed by atoms with Crippen molar-refractivity contribution in [2.45, 2.75) is 66.2 Å². The molecule has 0 aromatic rings. The molecule has 0 N–H and O–H groups in total. The fraction of sp³-hybridized carbons (Fsp3) is 1.00. The van der Waals surface area contributed by atoms with Crippen molar-refractivity contribution in [1.82, 2.24) is 0 Å². The predicted octanol–water partition coefficient (Wildman–Crippen LogP) is 4.89. The fourth-order valence-electron chi connectivity index (χ4n) is 3.63. The molecule has 3 atom stereocenters. The second kappa shape index (κ2) is 5.78. The van der Waals surface area contributed by atoms with Gasteiger partial charge in [0.2, 0.25) is 0 Å². The highest BCUT2D eigenvalue weighted by Crippen LogP contribution is 2.42. The SMILES string of the molecule is CCC1CCCC(C(CC)CC)C1C. The van der Waals surface area contributed by atoms with Gasteiger partial charge in [0.1, 0.15) is 0 Å². The van der Waals surface area contributed by atoms with Crippen LogP contribution < -0.4 is 0 Å². The van der Waals surface area contributed by atoms with Gasteiger partial charge in [-0.1, -0.05) is 59.8 Å². The van der Waals surface area contributed by atoms with E-state index in [1.54, 1.807) is 0 Å². The Morgan fingerprint density at radius 3 is 2.21 bits per heavy atom. The first-order valence-corrected chi connectivity index (χ1v) is 6.74. The van der Waals surface area contributed by atoms with E-state index in [9.17, 15) is 0 Å². The quantitative estimate of drug-likeness (QED) is 0.601. The summed E-state index contributed by atoms with van der Waals surface area (Å²) in [7, 11) is 0. The summed E-state index contributed by atoms with van der Waals surface area (Å²) in [6, 6.07) is 0. The molecule has 0 aromatic carbocycles. The summed E-state index contributed by atoms with van der Waals surface area (Å²) >= 11 is 0. The molecule has 0 heteroatoms. The van der Waals surface area contributed by atoms with Crippen molar-refractivity contribution in [3.05, 3.63) is 0 Å². The number of rotatable bonds is 4. The molecule has 84 valence electrons. The monoisotopic (exact) mass is 196 g/mol. The third-order valence-electron chi connectivity index (χ3n) is 4.71. The fourth-order valence-corrected chi connectivity index (χ4v) is 3.63. The van der Waals surface area contributed by atoms with Gasteiger partial charge in [0.25, 0.3) is 0 Å². The molecule has 0 nitrogen and oxygen atoms in total. The van der Waals surface area contributed by atoms with E-state index < -0.39 is 0 Å². The standard InChI is InChI=1S/C14H28/c1-5-12(6-2)14-10-8-9-13(7-3)11(14)4/h11-14H,5-10H2,1-4H3. The lowest BCUT2D eigenvalue weighted by atomic mass is 9.66. The molecule has 0 bridgehead atoms. The summed E-state index contributed by atoms with van der Waals surface area (Å²) in [6.07, 6.45) is 8.67. The molecular weight excluding hydrogens is 168 g/mol. The highest BCUT2D eigenvalue weighted by atomic mass is 14.4. The van der Waals surface area contributed by atoms with Gasteiger partial charge in [-0.3, -0.25) is 0 Å². The van der Waals surface area contributed by atoms with Crippen molar-refractivity contribution < 1.29 is 0 Å². The maximum Gasteiger partial charge on any atom is -0.0358 e. The highest BCUT2D eigenvalue weighted by Gasteiger charge is 2.32. The first kappa shape index (κ1) is 12.1. The van der Waals surface area contributed by atoms with E-state index in [1.807, 2.05) is 0 Å². The second-order valence-electron chi connectivity index (χ2n) is 5.20. The maximum atomic E-state index is 2.51. The van der Waals surface area contributed by atoms with Crippen LogP contribution in [-0.4, -0.2) is 0 Å². The van der Waals surface area contributed by atoms with E-state index in [2.05, 4.69) is 27.7 Å². The molecule has 3 unspecified atom stereocenters. The van der Waals surface area contributed by atoms with Crippen LogP contribution in [0.5, 0.6) is 0 Å². The zero-order valence-electron chi connectivity index (χ0n) is 10.6. The van der Waals surface area contributed by atoms with Crippen molar-refractivity contribution in [3.8, 4) is 0 Å². The molecule has 0 aromatic heterocycles. The van der Waals surface area contributed by atoms with E-state index in [0.717, 1.165) is 23.7 Å². The average molecular weight is 196 g/mol. The van der Waals surface area contributed by atoms with Crippen LogP contribution in [0.15, 0.2) is 0 Å². The van der Waals surface area contributed by atoms with Crippen LogP contribution in [0, 0.1) is 23.7 Å². The van der Waals surface area contributed by atoms with Gasteiger partial charge in [-0.2, -0.15) is 0 Å². The second-order valence-corrected chi connectivity index (χ2v) is 5.20. The topological polar surface area (TPSA) is 0 Å². The Kier molecular flexibility index (Phi) is 4.98. The van der Waals surface area contributed by atoms with Crippen LogP contribution in [0.25, 0.3) is 0 Å². The average Bonchev–Trinajstić information content (AvgIpc) is 2.22. The first-order valence-electron chi connectivity index (χ1n) is 6.74. The van der Waals surface area contributed by atoms with Gasteiger partial charge in [0, 0.05) is 0 Å². The van der Waals surface area contributed by atoms with Gasteiger partial charge in [-0.15, -0.1) is 0 Å². The van der Waals surface area contributed by atoms with Crippen LogP contribution in [-0.2, 0) is 0 Å². The lowest BCUT2D eigenvalue weighted by Crippen LogP contribution is -2.30. The molecule has 1 fully saturated rings. The zero-order chi connectivity index (χ0) is 10.6. The summed E-state index contributed by atoms with van der Waals surface area (Å²) in [5.41, 5.74) is 0. The molecule has 0 saturated heterocycles. The molecule has 1 rings (SSSR count). The molecule has 1 saturated carbocycles. The van der Waals surface area contributed by atoms with E-state index >= 15 is 0 Å². The Balaban J connectivity index is 2.58.